The number of carbonyl (C=O) groups is 3. The Bertz CT molecular complexity index is 957. The van der Waals surface area contributed by atoms with E-state index in [2.05, 4.69) is 12.2 Å². The van der Waals surface area contributed by atoms with Crippen molar-refractivity contribution in [2.24, 2.45) is 17.8 Å². The second-order valence-corrected chi connectivity index (χ2v) is 11.0. The molecule has 8 heteroatoms. The number of carbonyl (C=O) groups excluding carboxylic acids is 3. The summed E-state index contributed by atoms with van der Waals surface area (Å²) in [6.45, 7) is 5.27. The molecule has 198 valence electrons. The molecule has 2 saturated carbocycles. The van der Waals surface area contributed by atoms with E-state index in [-0.39, 0.29) is 48.3 Å². The Morgan fingerprint density at radius 3 is 2.50 bits per heavy atom. The number of nitrogens with one attached hydrogen (secondary N) is 1. The van der Waals surface area contributed by atoms with Crippen molar-refractivity contribution in [3.05, 3.63) is 23.8 Å². The number of hydrogen-bond donors (Lipinski definition) is 1. The Hall–Kier alpha value is -2.61. The van der Waals surface area contributed by atoms with Gasteiger partial charge in [0.05, 0.1) is 17.7 Å². The average Bonchev–Trinajstić information content (AvgIpc) is 3.50. The number of rotatable bonds is 5. The summed E-state index contributed by atoms with van der Waals surface area (Å²) < 4.78 is 11.9. The van der Waals surface area contributed by atoms with Crippen molar-refractivity contribution in [1.29, 1.82) is 0 Å². The van der Waals surface area contributed by atoms with Gasteiger partial charge in [-0.15, -0.1) is 0 Å². The highest BCUT2D eigenvalue weighted by atomic mass is 16.5. The summed E-state index contributed by atoms with van der Waals surface area (Å²) in [5.41, 5.74) is 0.988. The maximum absolute atomic E-state index is 13.5. The van der Waals surface area contributed by atoms with Gasteiger partial charge < -0.3 is 24.6 Å². The second kappa shape index (κ2) is 11.6. The molecule has 0 bridgehead atoms. The minimum Gasteiger partial charge on any atom is -0.491 e. The first-order valence-electron chi connectivity index (χ1n) is 13.4. The molecule has 1 heterocycles. The quantitative estimate of drug-likeness (QED) is 0.663. The van der Waals surface area contributed by atoms with Crippen LogP contribution in [0.3, 0.4) is 0 Å². The fraction of sp³-hybridized carbons (Fsp3) is 0.679. The van der Waals surface area contributed by atoms with Crippen LogP contribution in [0.15, 0.2) is 18.2 Å². The molecular weight excluding hydrogens is 458 g/mol. The van der Waals surface area contributed by atoms with Crippen molar-refractivity contribution in [2.45, 2.75) is 70.9 Å². The second-order valence-electron chi connectivity index (χ2n) is 11.0. The van der Waals surface area contributed by atoms with Gasteiger partial charge in [0, 0.05) is 51.2 Å². The van der Waals surface area contributed by atoms with Crippen molar-refractivity contribution < 1.29 is 23.9 Å². The topological polar surface area (TPSA) is 88.2 Å². The number of anilines is 1. The minimum absolute atomic E-state index is 0.00837. The SMILES string of the molecule is CO[C@@H]1CN(C)C(=O)c2cc(NC(=O)C3CCCC3)ccc2OC[C@H](C)N(C(=O)CC2CC2)C[C@H]1C. The fourth-order valence-electron chi connectivity index (χ4n) is 5.32. The highest BCUT2D eigenvalue weighted by Crippen LogP contribution is 2.34. The van der Waals surface area contributed by atoms with E-state index in [4.69, 9.17) is 9.47 Å². The molecule has 8 nitrogen and oxygen atoms in total. The predicted octanol–water partition coefficient (Wildman–Crippen LogP) is 3.95. The lowest BCUT2D eigenvalue weighted by Crippen LogP contribution is -2.48. The zero-order valence-corrected chi connectivity index (χ0v) is 22.1. The number of fused-ring (bicyclic) bond motifs is 1. The van der Waals surface area contributed by atoms with Gasteiger partial charge in [-0.05, 0) is 56.7 Å². The lowest BCUT2D eigenvalue weighted by Gasteiger charge is -2.36. The third-order valence-corrected chi connectivity index (χ3v) is 7.92. The zero-order chi connectivity index (χ0) is 25.8. The maximum Gasteiger partial charge on any atom is 0.257 e. The normalized spacial score (nSPS) is 26.0. The molecule has 0 saturated heterocycles. The van der Waals surface area contributed by atoms with Gasteiger partial charge in [0.25, 0.3) is 5.91 Å². The molecule has 3 atom stereocenters. The Kier molecular flexibility index (Phi) is 8.54. The van der Waals surface area contributed by atoms with Gasteiger partial charge in [-0.25, -0.2) is 0 Å². The molecule has 2 aliphatic carbocycles. The first-order chi connectivity index (χ1) is 17.3. The van der Waals surface area contributed by atoms with Crippen LogP contribution in [-0.2, 0) is 14.3 Å². The summed E-state index contributed by atoms with van der Waals surface area (Å²) in [4.78, 5) is 42.9. The number of benzene rings is 1. The van der Waals surface area contributed by atoms with Crippen molar-refractivity contribution in [3.8, 4) is 5.75 Å². The Labute approximate surface area is 214 Å². The van der Waals surface area contributed by atoms with Gasteiger partial charge in [-0.1, -0.05) is 19.8 Å². The Morgan fingerprint density at radius 2 is 1.83 bits per heavy atom. The molecule has 3 amide bonds. The van der Waals surface area contributed by atoms with Crippen LogP contribution in [0.2, 0.25) is 0 Å². The highest BCUT2D eigenvalue weighted by Gasteiger charge is 2.33. The van der Waals surface area contributed by atoms with Crippen LogP contribution < -0.4 is 10.1 Å². The summed E-state index contributed by atoms with van der Waals surface area (Å²) in [5, 5.41) is 2.99. The smallest absolute Gasteiger partial charge is 0.257 e. The van der Waals surface area contributed by atoms with Gasteiger partial charge in [-0.2, -0.15) is 0 Å². The van der Waals surface area contributed by atoms with E-state index in [9.17, 15) is 14.4 Å². The lowest BCUT2D eigenvalue weighted by atomic mass is 10.0. The molecule has 0 unspecified atom stereocenters. The minimum atomic E-state index is -0.226. The molecule has 1 aromatic rings. The van der Waals surface area contributed by atoms with E-state index in [0.717, 1.165) is 38.5 Å². The van der Waals surface area contributed by atoms with Crippen LogP contribution in [-0.4, -0.2) is 73.5 Å². The van der Waals surface area contributed by atoms with Crippen molar-refractivity contribution in [3.63, 3.8) is 0 Å². The Balaban J connectivity index is 1.59. The fourth-order valence-corrected chi connectivity index (χ4v) is 5.32. The standard InChI is InChI=1S/C28H41N3O5/c1-18-15-31(26(32)13-20-9-10-20)19(2)17-36-24-12-11-22(29-27(33)21-7-5-6-8-21)14-23(24)28(34)30(3)16-25(18)35-4/h11-12,14,18-21,25H,5-10,13,15-17H2,1-4H3,(H,29,33)/t18-,19+,25-/m1/s1. The number of ether oxygens (including phenoxy) is 2. The molecule has 0 radical (unpaired) electrons. The number of likely N-dealkylation sites (N-methyl/N-ethyl adjacent to an activating group) is 1. The van der Waals surface area contributed by atoms with Crippen molar-refractivity contribution in [1.82, 2.24) is 9.80 Å². The molecule has 0 spiro atoms. The van der Waals surface area contributed by atoms with Crippen molar-refractivity contribution >= 4 is 23.4 Å². The van der Waals surface area contributed by atoms with Gasteiger partial charge in [-0.3, -0.25) is 14.4 Å². The average molecular weight is 500 g/mol. The number of methoxy groups -OCH3 is 1. The number of amides is 3. The molecule has 3 aliphatic rings. The van der Waals surface area contributed by atoms with E-state index in [1.807, 2.05) is 11.8 Å². The third kappa shape index (κ3) is 6.38. The molecule has 1 aliphatic heterocycles. The Morgan fingerprint density at radius 1 is 1.11 bits per heavy atom. The van der Waals surface area contributed by atoms with Gasteiger partial charge in [0.2, 0.25) is 11.8 Å². The van der Waals surface area contributed by atoms with E-state index in [0.29, 0.717) is 42.4 Å². The number of nitrogens with zero attached hydrogens (tertiary/aromatic N) is 2. The van der Waals surface area contributed by atoms with E-state index >= 15 is 0 Å². The first kappa shape index (κ1) is 26.5. The molecule has 1 N–H and O–H groups in total. The molecule has 1 aromatic carbocycles. The summed E-state index contributed by atoms with van der Waals surface area (Å²) in [6.07, 6.45) is 6.58. The molecule has 4 rings (SSSR count). The van der Waals surface area contributed by atoms with Gasteiger partial charge in [0.15, 0.2) is 0 Å². The maximum atomic E-state index is 13.5. The van der Waals surface area contributed by atoms with E-state index < -0.39 is 0 Å². The highest BCUT2D eigenvalue weighted by molar-refractivity contribution is 5.99. The summed E-state index contributed by atoms with van der Waals surface area (Å²) in [6, 6.07) is 5.08. The third-order valence-electron chi connectivity index (χ3n) is 7.92. The van der Waals surface area contributed by atoms with E-state index in [1.54, 1.807) is 37.3 Å². The van der Waals surface area contributed by atoms with E-state index in [1.165, 1.54) is 0 Å². The first-order valence-corrected chi connectivity index (χ1v) is 13.4. The van der Waals surface area contributed by atoms with Crippen LogP contribution in [0.5, 0.6) is 5.75 Å². The van der Waals surface area contributed by atoms with Crippen LogP contribution in [0, 0.1) is 17.8 Å². The number of hydrogen-bond acceptors (Lipinski definition) is 5. The summed E-state index contributed by atoms with van der Waals surface area (Å²) in [5.74, 6) is 0.996. The molecular formula is C28H41N3O5. The molecule has 2 fully saturated rings. The monoisotopic (exact) mass is 499 g/mol. The largest absolute Gasteiger partial charge is 0.491 e. The van der Waals surface area contributed by atoms with Gasteiger partial charge in [0.1, 0.15) is 12.4 Å². The van der Waals surface area contributed by atoms with Crippen LogP contribution >= 0.6 is 0 Å². The van der Waals surface area contributed by atoms with Gasteiger partial charge >= 0.3 is 0 Å². The zero-order valence-electron chi connectivity index (χ0n) is 22.1. The van der Waals surface area contributed by atoms with Crippen LogP contribution in [0.25, 0.3) is 0 Å². The molecule has 36 heavy (non-hydrogen) atoms. The van der Waals surface area contributed by atoms with Crippen LogP contribution in [0.1, 0.15) is 69.2 Å². The summed E-state index contributed by atoms with van der Waals surface area (Å²) in [7, 11) is 3.40. The van der Waals surface area contributed by atoms with Crippen molar-refractivity contribution in [2.75, 3.05) is 39.2 Å². The lowest BCUT2D eigenvalue weighted by molar-refractivity contribution is -0.135. The predicted molar refractivity (Wildman–Crippen MR) is 138 cm³/mol. The summed E-state index contributed by atoms with van der Waals surface area (Å²) >= 11 is 0. The van der Waals surface area contributed by atoms with Crippen LogP contribution in [0.4, 0.5) is 5.69 Å². The molecule has 0 aromatic heterocycles.